The Morgan fingerprint density at radius 2 is 1.77 bits per heavy atom. The molecule has 0 radical (unpaired) electrons. The van der Waals surface area contributed by atoms with Crippen LogP contribution in [0.2, 0.25) is 0 Å². The molecule has 0 aromatic rings. The number of hydrogen-bond acceptors (Lipinski definition) is 6. The van der Waals surface area contributed by atoms with Crippen molar-refractivity contribution < 1.29 is 34.2 Å². The SMILES string of the molecule is CC(C)C(NC(=O)C1CCCN1C(=O)C1CCCN1)C(=O)NC(CCC(=O)O)C(=O)O. The number of amides is 3. The van der Waals surface area contributed by atoms with Crippen molar-refractivity contribution in [1.82, 2.24) is 20.9 Å². The van der Waals surface area contributed by atoms with E-state index in [0.29, 0.717) is 19.4 Å². The van der Waals surface area contributed by atoms with Gasteiger partial charge >= 0.3 is 11.9 Å². The summed E-state index contributed by atoms with van der Waals surface area (Å²) < 4.78 is 0. The lowest BCUT2D eigenvalue weighted by molar-refractivity contribution is -0.144. The van der Waals surface area contributed by atoms with Crippen LogP contribution in [-0.4, -0.2) is 82.0 Å². The van der Waals surface area contributed by atoms with E-state index in [0.717, 1.165) is 19.4 Å². The van der Waals surface area contributed by atoms with E-state index in [1.54, 1.807) is 18.7 Å². The van der Waals surface area contributed by atoms with Crippen LogP contribution in [0.15, 0.2) is 0 Å². The van der Waals surface area contributed by atoms with Crippen molar-refractivity contribution >= 4 is 29.7 Å². The maximum absolute atomic E-state index is 12.9. The first-order valence-corrected chi connectivity index (χ1v) is 10.7. The Kier molecular flexibility index (Phi) is 8.78. The van der Waals surface area contributed by atoms with Gasteiger partial charge in [0.15, 0.2) is 0 Å². The van der Waals surface area contributed by atoms with E-state index < -0.39 is 48.3 Å². The monoisotopic (exact) mass is 440 g/mol. The minimum absolute atomic E-state index is 0.111. The summed E-state index contributed by atoms with van der Waals surface area (Å²) in [5.41, 5.74) is 0. The zero-order chi connectivity index (χ0) is 23.1. The summed E-state index contributed by atoms with van der Waals surface area (Å²) in [4.78, 5) is 62.0. The third-order valence-corrected chi connectivity index (χ3v) is 5.71. The molecule has 2 rings (SSSR count). The van der Waals surface area contributed by atoms with E-state index in [4.69, 9.17) is 5.11 Å². The van der Waals surface area contributed by atoms with E-state index in [9.17, 15) is 29.1 Å². The van der Waals surface area contributed by atoms with Crippen LogP contribution in [0.1, 0.15) is 52.4 Å². The van der Waals surface area contributed by atoms with Gasteiger partial charge in [0.2, 0.25) is 17.7 Å². The van der Waals surface area contributed by atoms with Gasteiger partial charge in [-0.3, -0.25) is 19.2 Å². The van der Waals surface area contributed by atoms with Gasteiger partial charge in [0.1, 0.15) is 18.1 Å². The topological polar surface area (TPSA) is 165 Å². The molecule has 0 spiro atoms. The Morgan fingerprint density at radius 1 is 1.06 bits per heavy atom. The minimum atomic E-state index is -1.38. The van der Waals surface area contributed by atoms with E-state index >= 15 is 0 Å². The van der Waals surface area contributed by atoms with Crippen LogP contribution in [-0.2, 0) is 24.0 Å². The van der Waals surface area contributed by atoms with Gasteiger partial charge in [-0.1, -0.05) is 13.8 Å². The number of rotatable bonds is 10. The van der Waals surface area contributed by atoms with Crippen LogP contribution in [0.5, 0.6) is 0 Å². The first-order chi connectivity index (χ1) is 14.6. The number of aliphatic carboxylic acids is 2. The Morgan fingerprint density at radius 3 is 2.32 bits per heavy atom. The van der Waals surface area contributed by atoms with Gasteiger partial charge in [0, 0.05) is 13.0 Å². The lowest BCUT2D eigenvalue weighted by Gasteiger charge is -2.29. The van der Waals surface area contributed by atoms with Crippen LogP contribution in [0, 0.1) is 5.92 Å². The molecule has 0 aromatic carbocycles. The number of carbonyl (C=O) groups is 5. The van der Waals surface area contributed by atoms with Crippen LogP contribution in [0.25, 0.3) is 0 Å². The molecule has 2 heterocycles. The summed E-state index contributed by atoms with van der Waals surface area (Å²) >= 11 is 0. The lowest BCUT2D eigenvalue weighted by atomic mass is 10.0. The number of carboxylic acids is 2. The highest BCUT2D eigenvalue weighted by Gasteiger charge is 2.39. The molecule has 2 saturated heterocycles. The van der Waals surface area contributed by atoms with E-state index in [2.05, 4.69) is 16.0 Å². The summed E-state index contributed by atoms with van der Waals surface area (Å²) in [5, 5.41) is 26.2. The number of carbonyl (C=O) groups excluding carboxylic acids is 3. The van der Waals surface area contributed by atoms with Gasteiger partial charge < -0.3 is 31.1 Å². The molecule has 11 heteroatoms. The third-order valence-electron chi connectivity index (χ3n) is 5.71. The second kappa shape index (κ2) is 11.1. The molecule has 31 heavy (non-hydrogen) atoms. The molecule has 11 nitrogen and oxygen atoms in total. The van der Waals surface area contributed by atoms with Crippen molar-refractivity contribution in [2.24, 2.45) is 5.92 Å². The summed E-state index contributed by atoms with van der Waals surface area (Å²) in [6.45, 7) is 4.66. The minimum Gasteiger partial charge on any atom is -0.481 e. The fraction of sp³-hybridized carbons (Fsp3) is 0.750. The van der Waals surface area contributed by atoms with E-state index in [1.807, 2.05) is 0 Å². The molecule has 4 atom stereocenters. The predicted molar refractivity (Wildman–Crippen MR) is 109 cm³/mol. The van der Waals surface area contributed by atoms with E-state index in [-0.39, 0.29) is 24.3 Å². The van der Waals surface area contributed by atoms with Gasteiger partial charge in [-0.05, 0) is 44.6 Å². The molecule has 2 aliphatic heterocycles. The predicted octanol–water partition coefficient (Wildman–Crippen LogP) is -0.696. The van der Waals surface area contributed by atoms with Gasteiger partial charge in [0.25, 0.3) is 0 Å². The zero-order valence-corrected chi connectivity index (χ0v) is 17.9. The number of hydrogen-bond donors (Lipinski definition) is 5. The van der Waals surface area contributed by atoms with Crippen molar-refractivity contribution in [2.45, 2.75) is 76.5 Å². The molecule has 174 valence electrons. The maximum Gasteiger partial charge on any atom is 0.326 e. The fourth-order valence-corrected chi connectivity index (χ4v) is 3.97. The average molecular weight is 440 g/mol. The number of carboxylic acid groups (broad SMARTS) is 2. The Labute approximate surface area is 180 Å². The molecule has 0 saturated carbocycles. The second-order valence-corrected chi connectivity index (χ2v) is 8.40. The maximum atomic E-state index is 12.9. The van der Waals surface area contributed by atoms with Crippen LogP contribution < -0.4 is 16.0 Å². The molecule has 4 unspecified atom stereocenters. The van der Waals surface area contributed by atoms with Crippen molar-refractivity contribution in [1.29, 1.82) is 0 Å². The largest absolute Gasteiger partial charge is 0.481 e. The summed E-state index contributed by atoms with van der Waals surface area (Å²) in [5.74, 6) is -4.12. The number of nitrogens with zero attached hydrogens (tertiary/aromatic N) is 1. The summed E-state index contributed by atoms with van der Waals surface area (Å²) in [7, 11) is 0. The molecular weight excluding hydrogens is 408 g/mol. The molecule has 0 aromatic heterocycles. The molecule has 5 N–H and O–H groups in total. The van der Waals surface area contributed by atoms with Crippen molar-refractivity contribution in [3.8, 4) is 0 Å². The van der Waals surface area contributed by atoms with Gasteiger partial charge in [-0.25, -0.2) is 4.79 Å². The highest BCUT2D eigenvalue weighted by molar-refractivity contribution is 5.94. The first kappa shape index (κ1) is 24.6. The Hall–Kier alpha value is -2.69. The standard InChI is InChI=1S/C20H32N4O7/c1-11(2)16(18(28)22-13(20(30)31)7-8-15(25)26)23-17(27)14-6-4-10-24(14)19(29)12-5-3-9-21-12/h11-14,16,21H,3-10H2,1-2H3,(H,22,28)(H,23,27)(H,25,26)(H,30,31). The van der Waals surface area contributed by atoms with Crippen LogP contribution in [0.4, 0.5) is 0 Å². The fourth-order valence-electron chi connectivity index (χ4n) is 3.97. The molecule has 2 fully saturated rings. The van der Waals surface area contributed by atoms with Crippen molar-refractivity contribution in [3.05, 3.63) is 0 Å². The normalized spacial score (nSPS) is 22.7. The number of nitrogens with one attached hydrogen (secondary N) is 3. The van der Waals surface area contributed by atoms with Gasteiger partial charge in [0.05, 0.1) is 6.04 Å². The highest BCUT2D eigenvalue weighted by atomic mass is 16.4. The second-order valence-electron chi connectivity index (χ2n) is 8.40. The quantitative estimate of drug-likeness (QED) is 0.298. The van der Waals surface area contributed by atoms with Crippen molar-refractivity contribution in [3.63, 3.8) is 0 Å². The Bertz CT molecular complexity index is 706. The molecule has 0 aliphatic carbocycles. The lowest BCUT2D eigenvalue weighted by Crippen LogP contribution is -2.58. The van der Waals surface area contributed by atoms with Gasteiger partial charge in [-0.2, -0.15) is 0 Å². The third kappa shape index (κ3) is 6.65. The zero-order valence-electron chi connectivity index (χ0n) is 17.9. The summed E-state index contributed by atoms with van der Waals surface area (Å²) in [6, 6.07) is -3.35. The molecule has 3 amide bonds. The Balaban J connectivity index is 2.02. The highest BCUT2D eigenvalue weighted by Crippen LogP contribution is 2.21. The molecule has 0 bridgehead atoms. The smallest absolute Gasteiger partial charge is 0.326 e. The van der Waals surface area contributed by atoms with Gasteiger partial charge in [-0.15, -0.1) is 0 Å². The number of likely N-dealkylation sites (tertiary alicyclic amines) is 1. The van der Waals surface area contributed by atoms with Crippen LogP contribution in [0.3, 0.4) is 0 Å². The van der Waals surface area contributed by atoms with Crippen LogP contribution >= 0.6 is 0 Å². The molecular formula is C20H32N4O7. The average Bonchev–Trinajstić information content (AvgIpc) is 3.39. The molecule has 2 aliphatic rings. The summed E-state index contributed by atoms with van der Waals surface area (Å²) in [6.07, 6.45) is 2.13. The van der Waals surface area contributed by atoms with Crippen molar-refractivity contribution in [2.75, 3.05) is 13.1 Å². The first-order valence-electron chi connectivity index (χ1n) is 10.7. The van der Waals surface area contributed by atoms with E-state index in [1.165, 1.54) is 0 Å².